The number of hydrogen-bond donors (Lipinski definition) is 0. The molecule has 1 rings (SSSR count). The van der Waals surface area contributed by atoms with E-state index < -0.39 is 0 Å². The second kappa shape index (κ2) is 2.05. The highest BCUT2D eigenvalue weighted by Gasteiger charge is 2.09. The van der Waals surface area contributed by atoms with Gasteiger partial charge < -0.3 is 4.74 Å². The first-order valence-electron chi connectivity index (χ1n) is 2.50. The molecule has 0 amide bonds. The van der Waals surface area contributed by atoms with Gasteiger partial charge in [-0.05, 0) is 6.08 Å². The normalized spacial score (nSPS) is 20.0. The van der Waals surface area contributed by atoms with Crippen molar-refractivity contribution in [3.63, 3.8) is 0 Å². The molecule has 0 bridgehead atoms. The van der Waals surface area contributed by atoms with Crippen molar-refractivity contribution in [1.29, 1.82) is 0 Å². The van der Waals surface area contributed by atoms with Crippen LogP contribution in [0.5, 0.6) is 0 Å². The van der Waals surface area contributed by atoms with Gasteiger partial charge in [-0.15, -0.1) is 0 Å². The van der Waals surface area contributed by atoms with Crippen molar-refractivity contribution in [3.8, 4) is 0 Å². The fourth-order valence-electron chi connectivity index (χ4n) is 0.584. The Bertz CT molecular complexity index is 111. The molecule has 0 atom stereocenters. The fraction of sp³-hybridized carbons (Fsp3) is 0.600. The molecule has 1 radical (unpaired) electrons. The van der Waals surface area contributed by atoms with Crippen molar-refractivity contribution >= 4 is 0 Å². The SMILES string of the molecule is COC1=CCN(C)[N]1. The lowest BCUT2D eigenvalue weighted by Gasteiger charge is -2.04. The van der Waals surface area contributed by atoms with Crippen molar-refractivity contribution in [2.45, 2.75) is 0 Å². The Morgan fingerprint density at radius 2 is 2.62 bits per heavy atom. The maximum atomic E-state index is 4.83. The van der Waals surface area contributed by atoms with Gasteiger partial charge in [0.05, 0.1) is 7.11 Å². The topological polar surface area (TPSA) is 26.6 Å². The van der Waals surface area contributed by atoms with Gasteiger partial charge in [-0.1, -0.05) is 0 Å². The van der Waals surface area contributed by atoms with Gasteiger partial charge >= 0.3 is 0 Å². The largest absolute Gasteiger partial charge is 0.480 e. The number of likely N-dealkylation sites (N-methyl/N-ethyl adjacent to an activating group) is 1. The molecule has 3 heteroatoms. The second-order valence-electron chi connectivity index (χ2n) is 1.69. The maximum Gasteiger partial charge on any atom is 0.222 e. The van der Waals surface area contributed by atoms with E-state index in [-0.39, 0.29) is 0 Å². The van der Waals surface area contributed by atoms with Crippen LogP contribution in [0.25, 0.3) is 0 Å². The molecular formula is C5H9N2O. The molecule has 45 valence electrons. The minimum absolute atomic E-state index is 0.715. The van der Waals surface area contributed by atoms with E-state index in [0.29, 0.717) is 5.88 Å². The molecular weight excluding hydrogens is 104 g/mol. The molecule has 0 spiro atoms. The van der Waals surface area contributed by atoms with E-state index in [4.69, 9.17) is 4.74 Å². The van der Waals surface area contributed by atoms with E-state index in [0.717, 1.165) is 6.54 Å². The molecule has 1 heterocycles. The number of nitrogens with zero attached hydrogens (tertiary/aromatic N) is 2. The average Bonchev–Trinajstić information content (AvgIpc) is 2.14. The molecule has 0 N–H and O–H groups in total. The van der Waals surface area contributed by atoms with Crippen molar-refractivity contribution < 1.29 is 4.74 Å². The van der Waals surface area contributed by atoms with Crippen LogP contribution in [0.4, 0.5) is 0 Å². The minimum atomic E-state index is 0.715. The van der Waals surface area contributed by atoms with Crippen LogP contribution >= 0.6 is 0 Å². The summed E-state index contributed by atoms with van der Waals surface area (Å²) >= 11 is 0. The van der Waals surface area contributed by atoms with Crippen molar-refractivity contribution in [1.82, 2.24) is 10.4 Å². The molecule has 0 saturated heterocycles. The number of hydrogen-bond acceptors (Lipinski definition) is 2. The van der Waals surface area contributed by atoms with E-state index >= 15 is 0 Å². The van der Waals surface area contributed by atoms with Crippen LogP contribution in [0.2, 0.25) is 0 Å². The smallest absolute Gasteiger partial charge is 0.222 e. The summed E-state index contributed by atoms with van der Waals surface area (Å²) in [6.45, 7) is 0.864. The first kappa shape index (κ1) is 5.44. The van der Waals surface area contributed by atoms with Gasteiger partial charge in [-0.25, -0.2) is 0 Å². The van der Waals surface area contributed by atoms with Crippen LogP contribution in [0.1, 0.15) is 0 Å². The lowest BCUT2D eigenvalue weighted by molar-refractivity contribution is 0.198. The Labute approximate surface area is 48.9 Å². The Kier molecular flexibility index (Phi) is 1.39. The summed E-state index contributed by atoms with van der Waals surface area (Å²) < 4.78 is 4.83. The molecule has 1 aliphatic rings. The molecule has 0 unspecified atom stereocenters. The van der Waals surface area contributed by atoms with Crippen molar-refractivity contribution in [3.05, 3.63) is 12.0 Å². The second-order valence-corrected chi connectivity index (χ2v) is 1.69. The molecule has 0 aliphatic carbocycles. The Morgan fingerprint density at radius 3 is 2.88 bits per heavy atom. The lowest BCUT2D eigenvalue weighted by Crippen LogP contribution is -2.20. The molecule has 8 heavy (non-hydrogen) atoms. The first-order valence-corrected chi connectivity index (χ1v) is 2.50. The summed E-state index contributed by atoms with van der Waals surface area (Å²) in [4.78, 5) is 0. The van der Waals surface area contributed by atoms with Crippen LogP contribution in [-0.2, 0) is 4.74 Å². The predicted octanol–water partition coefficient (Wildman–Crippen LogP) is -0.0610. The molecule has 0 saturated carbocycles. The third kappa shape index (κ3) is 0.924. The highest BCUT2D eigenvalue weighted by molar-refractivity contribution is 4.96. The Balaban J connectivity index is 2.37. The van der Waals surface area contributed by atoms with Gasteiger partial charge in [-0.3, -0.25) is 0 Å². The quantitative estimate of drug-likeness (QED) is 0.476. The Morgan fingerprint density at radius 1 is 1.88 bits per heavy atom. The maximum absolute atomic E-state index is 4.83. The fourth-order valence-corrected chi connectivity index (χ4v) is 0.584. The van der Waals surface area contributed by atoms with Gasteiger partial charge in [0.2, 0.25) is 5.88 Å². The molecule has 0 fully saturated rings. The zero-order chi connectivity index (χ0) is 5.98. The first-order chi connectivity index (χ1) is 3.83. The summed E-state index contributed by atoms with van der Waals surface area (Å²) in [6.07, 6.45) is 1.93. The highest BCUT2D eigenvalue weighted by atomic mass is 16.5. The van der Waals surface area contributed by atoms with E-state index in [2.05, 4.69) is 5.43 Å². The van der Waals surface area contributed by atoms with Crippen LogP contribution in [0.3, 0.4) is 0 Å². The number of methoxy groups -OCH3 is 1. The summed E-state index contributed by atoms with van der Waals surface area (Å²) in [7, 11) is 3.52. The third-order valence-corrected chi connectivity index (χ3v) is 1.01. The van der Waals surface area contributed by atoms with Crippen molar-refractivity contribution in [2.75, 3.05) is 20.7 Å². The molecule has 0 aromatic rings. The van der Waals surface area contributed by atoms with Gasteiger partial charge in [0.15, 0.2) is 0 Å². The summed E-state index contributed by atoms with van der Waals surface area (Å²) in [5.74, 6) is 0.715. The van der Waals surface area contributed by atoms with Crippen LogP contribution in [-0.4, -0.2) is 25.7 Å². The van der Waals surface area contributed by atoms with Gasteiger partial charge in [0, 0.05) is 13.6 Å². The highest BCUT2D eigenvalue weighted by Crippen LogP contribution is 2.01. The van der Waals surface area contributed by atoms with Crippen molar-refractivity contribution in [2.24, 2.45) is 0 Å². The third-order valence-electron chi connectivity index (χ3n) is 1.01. The van der Waals surface area contributed by atoms with Crippen LogP contribution < -0.4 is 5.43 Å². The van der Waals surface area contributed by atoms with E-state index in [1.165, 1.54) is 0 Å². The summed E-state index contributed by atoms with van der Waals surface area (Å²) in [5.41, 5.74) is 3.98. The predicted molar refractivity (Wildman–Crippen MR) is 29.9 cm³/mol. The zero-order valence-electron chi connectivity index (χ0n) is 5.09. The lowest BCUT2D eigenvalue weighted by atomic mass is 10.6. The van der Waals surface area contributed by atoms with E-state index in [1.54, 1.807) is 7.11 Å². The summed E-state index contributed by atoms with van der Waals surface area (Å²) in [5, 5.41) is 1.82. The van der Waals surface area contributed by atoms with E-state index in [9.17, 15) is 0 Å². The standard InChI is InChI=1S/C5H9N2O/c1-7-4-3-5(6-7)8-2/h3H,4H2,1-2H3. The minimum Gasteiger partial charge on any atom is -0.480 e. The van der Waals surface area contributed by atoms with Crippen LogP contribution in [0.15, 0.2) is 12.0 Å². The molecule has 1 aliphatic heterocycles. The van der Waals surface area contributed by atoms with E-state index in [1.807, 2.05) is 18.1 Å². The molecule has 0 aromatic carbocycles. The monoisotopic (exact) mass is 113 g/mol. The van der Waals surface area contributed by atoms with Crippen LogP contribution in [0, 0.1) is 0 Å². The molecule has 0 aromatic heterocycles. The number of rotatable bonds is 1. The van der Waals surface area contributed by atoms with Gasteiger partial charge in [-0.2, -0.15) is 10.4 Å². The van der Waals surface area contributed by atoms with Gasteiger partial charge in [0.25, 0.3) is 0 Å². The Hall–Kier alpha value is -0.700. The molecule has 3 nitrogen and oxygen atoms in total. The van der Waals surface area contributed by atoms with Gasteiger partial charge in [0.1, 0.15) is 0 Å². The average molecular weight is 113 g/mol. The zero-order valence-corrected chi connectivity index (χ0v) is 5.09. The number of ether oxygens (including phenoxy) is 1. The summed E-state index contributed by atoms with van der Waals surface area (Å²) in [6, 6.07) is 0.